The lowest BCUT2D eigenvalue weighted by molar-refractivity contribution is 0.0536. The van der Waals surface area contributed by atoms with Crippen LogP contribution in [0.4, 0.5) is 0 Å². The summed E-state index contributed by atoms with van der Waals surface area (Å²) in [7, 11) is 2.09. The highest BCUT2D eigenvalue weighted by molar-refractivity contribution is 7.18. The molecule has 2 aromatic carbocycles. The molecule has 4 aromatic rings. The van der Waals surface area contributed by atoms with E-state index in [0.717, 1.165) is 21.8 Å². The van der Waals surface area contributed by atoms with Crippen LogP contribution in [0, 0.1) is 6.92 Å². The molecule has 1 unspecified atom stereocenters. The molecule has 0 radical (unpaired) electrons. The molecule has 1 fully saturated rings. The van der Waals surface area contributed by atoms with Crippen LogP contribution < -0.4 is 4.74 Å². The Hall–Kier alpha value is -3.23. The van der Waals surface area contributed by atoms with E-state index < -0.39 is 0 Å². The number of amides is 1. The van der Waals surface area contributed by atoms with Crippen LogP contribution in [-0.4, -0.2) is 52.5 Å². The number of aryl methyl sites for hydroxylation is 1. The zero-order chi connectivity index (χ0) is 22.1. The summed E-state index contributed by atoms with van der Waals surface area (Å²) >= 11 is 1.65. The first kappa shape index (κ1) is 20.7. The second kappa shape index (κ2) is 8.72. The van der Waals surface area contributed by atoms with Crippen molar-refractivity contribution in [3.63, 3.8) is 0 Å². The molecule has 1 amide bonds. The van der Waals surface area contributed by atoms with Crippen molar-refractivity contribution in [3.05, 3.63) is 76.6 Å². The molecule has 7 nitrogen and oxygen atoms in total. The summed E-state index contributed by atoms with van der Waals surface area (Å²) in [6.07, 6.45) is 0. The molecular formula is C24H24N4O3S. The summed E-state index contributed by atoms with van der Waals surface area (Å²) in [5.41, 5.74) is 2.43. The largest absolute Gasteiger partial charge is 0.485 e. The smallest absolute Gasteiger partial charge is 0.276 e. The van der Waals surface area contributed by atoms with E-state index >= 15 is 0 Å². The zero-order valence-electron chi connectivity index (χ0n) is 18.0. The van der Waals surface area contributed by atoms with Gasteiger partial charge in [0.15, 0.2) is 11.5 Å². The quantitative estimate of drug-likeness (QED) is 0.453. The first-order valence-electron chi connectivity index (χ1n) is 10.6. The second-order valence-corrected chi connectivity index (χ2v) is 9.22. The maximum Gasteiger partial charge on any atom is 0.276 e. The third-order valence-corrected chi connectivity index (χ3v) is 6.70. The monoisotopic (exact) mass is 448 g/mol. The lowest BCUT2D eigenvalue weighted by atomic mass is 10.0. The van der Waals surface area contributed by atoms with E-state index in [4.69, 9.17) is 9.26 Å². The van der Waals surface area contributed by atoms with Gasteiger partial charge in [-0.1, -0.05) is 35.5 Å². The van der Waals surface area contributed by atoms with Crippen molar-refractivity contribution < 1.29 is 14.1 Å². The lowest BCUT2D eigenvalue weighted by Crippen LogP contribution is -2.49. The number of carbonyl (C=O) groups is 1. The minimum atomic E-state index is -0.117. The molecule has 0 aliphatic carbocycles. The number of piperazine rings is 1. The van der Waals surface area contributed by atoms with E-state index in [0.29, 0.717) is 30.3 Å². The summed E-state index contributed by atoms with van der Waals surface area (Å²) in [6, 6.07) is 17.9. The summed E-state index contributed by atoms with van der Waals surface area (Å²) in [6.45, 7) is 4.26. The number of nitrogens with zero attached hydrogens (tertiary/aromatic N) is 4. The summed E-state index contributed by atoms with van der Waals surface area (Å²) < 4.78 is 12.3. The number of ether oxygens (including phenoxy) is 1. The van der Waals surface area contributed by atoms with Crippen LogP contribution in [0.3, 0.4) is 0 Å². The zero-order valence-corrected chi connectivity index (χ0v) is 18.8. The summed E-state index contributed by atoms with van der Waals surface area (Å²) in [4.78, 5) is 21.7. The molecular weight excluding hydrogens is 424 g/mol. The summed E-state index contributed by atoms with van der Waals surface area (Å²) in [5.74, 6) is 1.10. The topological polar surface area (TPSA) is 71.7 Å². The second-order valence-electron chi connectivity index (χ2n) is 7.99. The average Bonchev–Trinajstić information content (AvgIpc) is 3.43. The summed E-state index contributed by atoms with van der Waals surface area (Å²) in [5, 5.41) is 5.03. The first-order valence-corrected chi connectivity index (χ1v) is 11.4. The van der Waals surface area contributed by atoms with E-state index in [9.17, 15) is 4.79 Å². The third-order valence-electron chi connectivity index (χ3n) is 5.74. The number of hydrogen-bond donors (Lipinski definition) is 0. The predicted molar refractivity (Wildman–Crippen MR) is 123 cm³/mol. The molecule has 1 atom stereocenters. The molecule has 1 saturated heterocycles. The van der Waals surface area contributed by atoms with Crippen LogP contribution in [0.5, 0.6) is 5.75 Å². The van der Waals surface area contributed by atoms with Crippen molar-refractivity contribution in [3.8, 4) is 5.75 Å². The Kier molecular flexibility index (Phi) is 5.63. The van der Waals surface area contributed by atoms with E-state index in [1.807, 2.05) is 48.2 Å². The van der Waals surface area contributed by atoms with Crippen molar-refractivity contribution in [2.75, 3.05) is 26.7 Å². The standard InChI is InChI=1S/C24H24N4O3S/c1-16-25-20-12-18(8-9-23(20)32-16)30-15-19-13-21(26-31-19)24(29)28-11-10-27(2)22(14-28)17-6-4-3-5-7-17/h3-9,12-13,22H,10-11,14-15H2,1-2H3. The van der Waals surface area contributed by atoms with Gasteiger partial charge in [-0.3, -0.25) is 9.69 Å². The average molecular weight is 449 g/mol. The van der Waals surface area contributed by atoms with Gasteiger partial charge >= 0.3 is 0 Å². The number of likely N-dealkylation sites (N-methyl/N-ethyl adjacent to an activating group) is 1. The highest BCUT2D eigenvalue weighted by Crippen LogP contribution is 2.27. The highest BCUT2D eigenvalue weighted by Gasteiger charge is 2.30. The van der Waals surface area contributed by atoms with Crippen molar-refractivity contribution in [2.45, 2.75) is 19.6 Å². The third kappa shape index (κ3) is 4.24. The Balaban J connectivity index is 1.24. The molecule has 2 aromatic heterocycles. The van der Waals surface area contributed by atoms with Gasteiger partial charge in [-0.2, -0.15) is 0 Å². The van der Waals surface area contributed by atoms with E-state index in [1.165, 1.54) is 5.56 Å². The number of hydrogen-bond acceptors (Lipinski definition) is 7. The fourth-order valence-corrected chi connectivity index (χ4v) is 4.81. The lowest BCUT2D eigenvalue weighted by Gasteiger charge is -2.39. The minimum absolute atomic E-state index is 0.117. The van der Waals surface area contributed by atoms with Crippen LogP contribution in [0.2, 0.25) is 0 Å². The van der Waals surface area contributed by atoms with Gasteiger partial charge in [0.05, 0.1) is 21.3 Å². The molecule has 0 saturated carbocycles. The van der Waals surface area contributed by atoms with Gasteiger partial charge in [-0.05, 0) is 31.7 Å². The molecule has 0 spiro atoms. The minimum Gasteiger partial charge on any atom is -0.485 e. The van der Waals surface area contributed by atoms with Crippen LogP contribution in [0.25, 0.3) is 10.2 Å². The normalized spacial score (nSPS) is 17.1. The van der Waals surface area contributed by atoms with Gasteiger partial charge in [-0.25, -0.2) is 4.98 Å². The molecule has 0 bridgehead atoms. The Morgan fingerprint density at radius 2 is 2.03 bits per heavy atom. The van der Waals surface area contributed by atoms with Crippen molar-refractivity contribution >= 4 is 27.5 Å². The number of fused-ring (bicyclic) bond motifs is 1. The highest BCUT2D eigenvalue weighted by atomic mass is 32.1. The van der Waals surface area contributed by atoms with Crippen molar-refractivity contribution in [1.29, 1.82) is 0 Å². The molecule has 164 valence electrons. The van der Waals surface area contributed by atoms with Crippen molar-refractivity contribution in [1.82, 2.24) is 19.9 Å². The van der Waals surface area contributed by atoms with Crippen LogP contribution in [0.1, 0.15) is 32.9 Å². The Morgan fingerprint density at radius 1 is 1.19 bits per heavy atom. The maximum atomic E-state index is 13.1. The molecule has 1 aliphatic rings. The van der Waals surface area contributed by atoms with E-state index in [1.54, 1.807) is 17.4 Å². The Labute approximate surface area is 190 Å². The Bertz CT molecular complexity index is 1240. The van der Waals surface area contributed by atoms with E-state index in [2.05, 4.69) is 34.2 Å². The van der Waals surface area contributed by atoms with Crippen LogP contribution >= 0.6 is 11.3 Å². The molecule has 1 aliphatic heterocycles. The molecule has 8 heteroatoms. The number of aromatic nitrogens is 2. The number of thiazole rings is 1. The first-order chi connectivity index (χ1) is 15.6. The van der Waals surface area contributed by atoms with E-state index in [-0.39, 0.29) is 18.6 Å². The Morgan fingerprint density at radius 3 is 2.88 bits per heavy atom. The van der Waals surface area contributed by atoms with Gasteiger partial charge in [0.2, 0.25) is 0 Å². The molecule has 0 N–H and O–H groups in total. The number of rotatable bonds is 5. The van der Waals surface area contributed by atoms with Crippen LogP contribution in [-0.2, 0) is 6.61 Å². The van der Waals surface area contributed by atoms with Gasteiger partial charge in [0, 0.05) is 31.8 Å². The SMILES string of the molecule is Cc1nc2cc(OCc3cc(C(=O)N4CCN(C)C(c5ccccc5)C4)no3)ccc2s1. The van der Waals surface area contributed by atoms with Gasteiger partial charge < -0.3 is 14.2 Å². The number of benzene rings is 2. The maximum absolute atomic E-state index is 13.1. The van der Waals surface area contributed by atoms with Gasteiger partial charge in [0.25, 0.3) is 5.91 Å². The predicted octanol–water partition coefficient (Wildman–Crippen LogP) is 4.30. The van der Waals surface area contributed by atoms with Gasteiger partial charge in [0.1, 0.15) is 12.4 Å². The molecule has 3 heterocycles. The number of carbonyl (C=O) groups excluding carboxylic acids is 1. The van der Waals surface area contributed by atoms with Crippen LogP contribution in [0.15, 0.2) is 59.1 Å². The fourth-order valence-electron chi connectivity index (χ4n) is 4.00. The van der Waals surface area contributed by atoms with Crippen molar-refractivity contribution in [2.24, 2.45) is 0 Å². The molecule has 32 heavy (non-hydrogen) atoms. The molecule has 5 rings (SSSR count). The fraction of sp³-hybridized carbons (Fsp3) is 0.292. The van der Waals surface area contributed by atoms with Gasteiger partial charge in [-0.15, -0.1) is 11.3 Å².